The standard InChI is InChI=1S/C13H19ClN2O2S/c1-10(2)8-15-13(14)16-9-19(17,18)12-6-4-11(3)5-7-12/h4-7,10H,8-9H2,1-3H3,(H,15,16). The van der Waals surface area contributed by atoms with Crippen molar-refractivity contribution in [3.8, 4) is 0 Å². The van der Waals surface area contributed by atoms with Crippen molar-refractivity contribution in [2.24, 2.45) is 10.9 Å². The van der Waals surface area contributed by atoms with Gasteiger partial charge in [0.15, 0.2) is 15.1 Å². The Morgan fingerprint density at radius 2 is 1.89 bits per heavy atom. The molecule has 0 unspecified atom stereocenters. The number of amidine groups is 1. The predicted molar refractivity (Wildman–Crippen MR) is 79.4 cm³/mol. The van der Waals surface area contributed by atoms with Gasteiger partial charge in [-0.15, -0.1) is 0 Å². The number of benzene rings is 1. The van der Waals surface area contributed by atoms with Crippen molar-refractivity contribution < 1.29 is 8.42 Å². The van der Waals surface area contributed by atoms with E-state index in [1.165, 1.54) is 0 Å². The van der Waals surface area contributed by atoms with Crippen molar-refractivity contribution in [1.82, 2.24) is 5.32 Å². The second-order valence-corrected chi connectivity index (χ2v) is 7.10. The third kappa shape index (κ3) is 5.61. The fourth-order valence-corrected chi connectivity index (χ4v) is 2.51. The largest absolute Gasteiger partial charge is 0.360 e. The number of sulfone groups is 1. The van der Waals surface area contributed by atoms with Gasteiger partial charge in [-0.25, -0.2) is 13.4 Å². The zero-order chi connectivity index (χ0) is 14.5. The van der Waals surface area contributed by atoms with E-state index in [1.54, 1.807) is 24.3 Å². The van der Waals surface area contributed by atoms with Gasteiger partial charge in [0.25, 0.3) is 0 Å². The first-order valence-corrected chi connectivity index (χ1v) is 8.07. The van der Waals surface area contributed by atoms with E-state index < -0.39 is 9.84 Å². The lowest BCUT2D eigenvalue weighted by Crippen LogP contribution is -2.24. The van der Waals surface area contributed by atoms with Crippen LogP contribution in [-0.2, 0) is 9.84 Å². The van der Waals surface area contributed by atoms with Gasteiger partial charge in [-0.3, -0.25) is 0 Å². The molecule has 0 aliphatic heterocycles. The molecule has 1 N–H and O–H groups in total. The summed E-state index contributed by atoms with van der Waals surface area (Å²) in [7, 11) is -3.42. The first kappa shape index (κ1) is 16.0. The van der Waals surface area contributed by atoms with E-state index in [-0.39, 0.29) is 16.1 Å². The number of nitrogens with zero attached hydrogens (tertiary/aromatic N) is 1. The van der Waals surface area contributed by atoms with Gasteiger partial charge in [0.05, 0.1) is 4.90 Å². The van der Waals surface area contributed by atoms with Gasteiger partial charge in [0.1, 0.15) is 5.88 Å². The summed E-state index contributed by atoms with van der Waals surface area (Å²) >= 11 is 5.82. The van der Waals surface area contributed by atoms with Crippen LogP contribution < -0.4 is 5.32 Å². The molecule has 0 amide bonds. The zero-order valence-corrected chi connectivity index (χ0v) is 12.9. The van der Waals surface area contributed by atoms with E-state index in [1.807, 2.05) is 20.8 Å². The highest BCUT2D eigenvalue weighted by molar-refractivity contribution is 7.91. The molecule has 106 valence electrons. The fourth-order valence-electron chi connectivity index (χ4n) is 1.31. The van der Waals surface area contributed by atoms with Gasteiger partial charge >= 0.3 is 0 Å². The summed E-state index contributed by atoms with van der Waals surface area (Å²) in [5.41, 5.74) is 1.01. The smallest absolute Gasteiger partial charge is 0.198 e. The van der Waals surface area contributed by atoms with Crippen LogP contribution in [0, 0.1) is 12.8 Å². The van der Waals surface area contributed by atoms with Crippen LogP contribution in [0.15, 0.2) is 34.2 Å². The summed E-state index contributed by atoms with van der Waals surface area (Å²) in [5.74, 6) is 0.0673. The Kier molecular flexibility index (Phi) is 5.82. The van der Waals surface area contributed by atoms with Crippen LogP contribution in [-0.4, -0.2) is 26.1 Å². The molecule has 4 nitrogen and oxygen atoms in total. The molecule has 0 aromatic heterocycles. The number of nitrogens with one attached hydrogen (secondary N) is 1. The van der Waals surface area contributed by atoms with E-state index in [4.69, 9.17) is 11.6 Å². The van der Waals surface area contributed by atoms with Crippen LogP contribution >= 0.6 is 11.6 Å². The molecule has 0 spiro atoms. The minimum Gasteiger partial charge on any atom is -0.360 e. The van der Waals surface area contributed by atoms with Crippen molar-refractivity contribution in [3.63, 3.8) is 0 Å². The average molecular weight is 303 g/mol. The van der Waals surface area contributed by atoms with Crippen molar-refractivity contribution >= 4 is 26.7 Å². The molecule has 0 radical (unpaired) electrons. The highest BCUT2D eigenvalue weighted by Gasteiger charge is 2.13. The van der Waals surface area contributed by atoms with Gasteiger partial charge in [-0.1, -0.05) is 31.5 Å². The molecule has 1 aromatic rings. The molecular weight excluding hydrogens is 284 g/mol. The van der Waals surface area contributed by atoms with Gasteiger partial charge in [0.2, 0.25) is 0 Å². The second-order valence-electron chi connectivity index (χ2n) is 4.78. The highest BCUT2D eigenvalue weighted by atomic mass is 35.5. The summed E-state index contributed by atoms with van der Waals surface area (Å²) in [6, 6.07) is 6.68. The average Bonchev–Trinajstić information content (AvgIpc) is 2.34. The summed E-state index contributed by atoms with van der Waals surface area (Å²) in [5, 5.41) is 3.00. The normalized spacial score (nSPS) is 12.8. The van der Waals surface area contributed by atoms with Crippen LogP contribution in [0.25, 0.3) is 0 Å². The van der Waals surface area contributed by atoms with Crippen LogP contribution in [0.3, 0.4) is 0 Å². The summed E-state index contributed by atoms with van der Waals surface area (Å²) in [4.78, 5) is 4.11. The molecule has 0 saturated carbocycles. The monoisotopic (exact) mass is 302 g/mol. The minimum atomic E-state index is -3.42. The van der Waals surface area contributed by atoms with E-state index in [9.17, 15) is 8.42 Å². The Bertz CT molecular complexity index is 536. The minimum absolute atomic E-state index is 0.129. The maximum Gasteiger partial charge on any atom is 0.198 e. The summed E-state index contributed by atoms with van der Waals surface area (Å²) in [6.45, 7) is 6.62. The SMILES string of the molecule is Cc1ccc(S(=O)(=O)CN=C(Cl)NCC(C)C)cc1. The molecule has 0 atom stereocenters. The van der Waals surface area contributed by atoms with E-state index in [0.717, 1.165) is 5.56 Å². The zero-order valence-electron chi connectivity index (χ0n) is 11.4. The van der Waals surface area contributed by atoms with Crippen LogP contribution in [0.4, 0.5) is 0 Å². The molecule has 0 bridgehead atoms. The van der Waals surface area contributed by atoms with Crippen LogP contribution in [0.1, 0.15) is 19.4 Å². The third-order valence-corrected chi connectivity index (χ3v) is 4.12. The third-order valence-electron chi connectivity index (χ3n) is 2.41. The molecule has 19 heavy (non-hydrogen) atoms. The number of halogens is 1. The number of aliphatic imine (C=N–C) groups is 1. The van der Waals surface area contributed by atoms with E-state index in [0.29, 0.717) is 12.5 Å². The Morgan fingerprint density at radius 3 is 2.42 bits per heavy atom. The quantitative estimate of drug-likeness (QED) is 0.517. The second kappa shape index (κ2) is 6.91. The van der Waals surface area contributed by atoms with Gasteiger partial charge in [0, 0.05) is 6.54 Å². The first-order chi connectivity index (χ1) is 8.81. The molecule has 0 aliphatic carbocycles. The first-order valence-electron chi connectivity index (χ1n) is 6.04. The predicted octanol–water partition coefficient (Wildman–Crippen LogP) is 2.57. The summed E-state index contributed by atoms with van der Waals surface area (Å²) in [6.07, 6.45) is 0. The number of rotatable bonds is 5. The van der Waals surface area contributed by atoms with E-state index in [2.05, 4.69) is 10.3 Å². The topological polar surface area (TPSA) is 58.5 Å². The van der Waals surface area contributed by atoms with Crippen molar-refractivity contribution in [1.29, 1.82) is 0 Å². The van der Waals surface area contributed by atoms with E-state index >= 15 is 0 Å². The Balaban J connectivity index is 2.70. The lowest BCUT2D eigenvalue weighted by Gasteiger charge is -2.07. The molecule has 0 aliphatic rings. The molecule has 6 heteroatoms. The van der Waals surface area contributed by atoms with Crippen molar-refractivity contribution in [3.05, 3.63) is 29.8 Å². The Hall–Kier alpha value is -1.07. The summed E-state index contributed by atoms with van der Waals surface area (Å²) < 4.78 is 24.0. The highest BCUT2D eigenvalue weighted by Crippen LogP contribution is 2.12. The number of hydrogen-bond acceptors (Lipinski definition) is 3. The molecule has 1 rings (SSSR count). The van der Waals surface area contributed by atoms with Crippen LogP contribution in [0.5, 0.6) is 0 Å². The Morgan fingerprint density at radius 1 is 1.32 bits per heavy atom. The number of hydrogen-bond donors (Lipinski definition) is 1. The molecule has 0 heterocycles. The number of aryl methyl sites for hydroxylation is 1. The van der Waals surface area contributed by atoms with Crippen molar-refractivity contribution in [2.75, 3.05) is 12.4 Å². The van der Waals surface area contributed by atoms with Crippen LogP contribution in [0.2, 0.25) is 0 Å². The molecule has 0 fully saturated rings. The fraction of sp³-hybridized carbons (Fsp3) is 0.462. The maximum absolute atomic E-state index is 12.0. The maximum atomic E-state index is 12.0. The van der Waals surface area contributed by atoms with Crippen molar-refractivity contribution in [2.45, 2.75) is 25.7 Å². The lowest BCUT2D eigenvalue weighted by atomic mass is 10.2. The van der Waals surface area contributed by atoms with Gasteiger partial charge in [-0.2, -0.15) is 0 Å². The Labute approximate surface area is 119 Å². The molecular formula is C13H19ClN2O2S. The van der Waals surface area contributed by atoms with Gasteiger partial charge < -0.3 is 5.32 Å². The van der Waals surface area contributed by atoms with Gasteiger partial charge in [-0.05, 0) is 36.6 Å². The lowest BCUT2D eigenvalue weighted by molar-refractivity contribution is 0.596. The molecule has 1 aromatic carbocycles. The molecule has 0 saturated heterocycles.